The van der Waals surface area contributed by atoms with Crippen molar-refractivity contribution in [3.05, 3.63) is 239 Å². The lowest BCUT2D eigenvalue weighted by atomic mass is 10.1. The van der Waals surface area contributed by atoms with Crippen LogP contribution in [0.25, 0.3) is 24.3 Å². The van der Waals surface area contributed by atoms with Gasteiger partial charge in [0, 0.05) is 116 Å². The molecular formula is C72H53Br4ClN14O14S4. The van der Waals surface area contributed by atoms with Crippen LogP contribution in [0.4, 0.5) is 21.5 Å². The highest BCUT2D eigenvalue weighted by molar-refractivity contribution is 9.11. The number of nitrogen functional groups attached to an aromatic ring is 2. The van der Waals surface area contributed by atoms with Gasteiger partial charge in [-0.05, 0) is 168 Å². The van der Waals surface area contributed by atoms with Gasteiger partial charge in [0.05, 0.1) is 30.7 Å². The zero-order chi connectivity index (χ0) is 77.9. The average Bonchev–Trinajstić information content (AvgIpc) is 1.68. The van der Waals surface area contributed by atoms with Crippen LogP contribution in [0.1, 0.15) is 84.1 Å². The number of aromatic hydroxyl groups is 4. The van der Waals surface area contributed by atoms with E-state index in [2.05, 4.69) is 114 Å². The van der Waals surface area contributed by atoms with E-state index in [1.54, 1.807) is 142 Å². The zero-order valence-electron chi connectivity index (χ0n) is 56.6. The lowest BCUT2D eigenvalue weighted by Gasteiger charge is -2.16. The molecule has 0 bridgehead atoms. The summed E-state index contributed by atoms with van der Waals surface area (Å²) in [6, 6.07) is 19.5. The Bertz CT molecular complexity index is 5210. The summed E-state index contributed by atoms with van der Waals surface area (Å²) in [4.78, 5) is 116. The number of likely N-dealkylation sites (N-methyl/N-ethyl adjacent to an activating group) is 2. The Morgan fingerprint density at radius 1 is 0.468 bits per heavy atom. The molecule has 14 rings (SSSR count). The Balaban J connectivity index is 0.000000144. The molecule has 0 saturated carbocycles. The number of nitrogens with zero attached hydrogens (tertiary/aromatic N) is 12. The number of anilines is 2. The largest absolute Gasteiger partial charge is 0.504 e. The Labute approximate surface area is 674 Å². The quantitative estimate of drug-likeness (QED) is 0.0386. The van der Waals surface area contributed by atoms with Crippen LogP contribution in [0.3, 0.4) is 0 Å². The molecule has 0 spiro atoms. The number of Topliss-reactive ketones (excluding diaryl/α,β-unsaturated/α-hetero) is 2. The second-order valence-corrected chi connectivity index (χ2v) is 30.7. The summed E-state index contributed by atoms with van der Waals surface area (Å²) in [5, 5.41) is 41.5. The number of allylic oxidation sites excluding steroid dienone is 2. The SMILES string of the molecule is CC(Oc1cc(/C=C2\SC(=O)N(C)C2=O)c(Br)cc1O)c1cnc(N)nc1.CN1C(=O)S/C(=C\c2cc(OCc3cnc(N)nc3)c(O)cc2Br)C1=O.Cc1ncc(COc2cc(/C=C3\Sc4ncccc4C3=O)c(Br)cc2O)cn1.O=C1/C(=C/c2cc(OCc3cnc(Cl)nc3)c(O)cc2Br)Sc2ncccc21. The Kier molecular flexibility index (Phi) is 26.2. The first-order chi connectivity index (χ1) is 52.1. The summed E-state index contributed by atoms with van der Waals surface area (Å²) in [5.74, 6) is 0.934. The van der Waals surface area contributed by atoms with E-state index in [1.807, 2.05) is 0 Å². The van der Waals surface area contributed by atoms with E-state index in [4.69, 9.17) is 42.0 Å². The normalized spacial score (nSPS) is 15.3. The van der Waals surface area contributed by atoms with Crippen LogP contribution in [-0.4, -0.2) is 128 Å². The molecule has 4 aromatic carbocycles. The first kappa shape index (κ1) is 79.7. The standard InChI is InChI=1S/C20H14BrN3O3S.C19H11BrClN3O3S.C17H15BrN4O4S.C16H13BrN4O4S/c1-11-23-8-12(9-24-11)10-27-17-5-13(15(21)7-16(17)25)6-18-19(26)14-3-2-4-22-20(14)28-18;20-13-6-14(25)15(27-9-10-7-23-19(21)24-8-10)4-11(13)5-16-17(26)12-2-1-3-22-18(12)28-16;1-8(10-6-20-16(19)21-7-10)26-13-3-9(11(18)5-12(13)23)4-14-15(24)22(2)17(25)27-14;1-21-14(23)13(26-16(21)24)3-9-2-12(11(22)4-10(9)17)25-7-8-5-19-15(18)20-6-8/h2-9,25H,10H2,1H3;1-8,25H,9H2;3-8,23H,1-2H3,(H2,19,20,21);2-6,22H,7H2,1H3,(H2,18,19,20)/b18-6-;16-5-;14-4-;13-3-. The lowest BCUT2D eigenvalue weighted by molar-refractivity contribution is -0.122. The van der Waals surface area contributed by atoms with Crippen molar-refractivity contribution in [2.75, 3.05) is 25.6 Å². The van der Waals surface area contributed by atoms with Gasteiger partial charge in [-0.1, -0.05) is 87.2 Å². The highest BCUT2D eigenvalue weighted by atomic mass is 79.9. The van der Waals surface area contributed by atoms with Crippen LogP contribution in [0.15, 0.2) is 182 Å². The minimum atomic E-state index is -0.451. The van der Waals surface area contributed by atoms with Crippen LogP contribution in [0.2, 0.25) is 5.28 Å². The fourth-order valence-electron chi connectivity index (χ4n) is 9.47. The molecular weight excluding hydrogens is 1770 g/mol. The molecule has 0 radical (unpaired) electrons. The molecule has 109 heavy (non-hydrogen) atoms. The molecule has 0 aliphatic carbocycles. The zero-order valence-corrected chi connectivity index (χ0v) is 67.0. The van der Waals surface area contributed by atoms with Gasteiger partial charge in [0.2, 0.25) is 28.7 Å². The molecule has 554 valence electrons. The van der Waals surface area contributed by atoms with Crippen LogP contribution >= 0.6 is 122 Å². The van der Waals surface area contributed by atoms with E-state index in [-0.39, 0.29) is 111 Å². The molecule has 2 fully saturated rings. The van der Waals surface area contributed by atoms with Gasteiger partial charge in [-0.15, -0.1) is 0 Å². The molecule has 28 nitrogen and oxygen atoms in total. The Morgan fingerprint density at radius 3 is 1.16 bits per heavy atom. The monoisotopic (exact) mass is 1820 g/mol. The minimum Gasteiger partial charge on any atom is -0.504 e. The van der Waals surface area contributed by atoms with Crippen molar-refractivity contribution in [2.24, 2.45) is 0 Å². The number of phenolic OH excluding ortho intramolecular Hbond substituents is 4. The number of ether oxygens (including phenoxy) is 4. The number of hydrogen-bond acceptors (Lipinski definition) is 30. The maximum Gasteiger partial charge on any atom is 0.293 e. The van der Waals surface area contributed by atoms with Crippen LogP contribution < -0.4 is 30.4 Å². The number of carbonyl (C=O) groups is 6. The molecule has 6 aromatic heterocycles. The summed E-state index contributed by atoms with van der Waals surface area (Å²) in [5.41, 5.74) is 17.5. The van der Waals surface area contributed by atoms with E-state index in [0.29, 0.717) is 104 Å². The number of nitrogens with two attached hydrogens (primary N) is 2. The van der Waals surface area contributed by atoms with Crippen molar-refractivity contribution in [1.82, 2.24) is 59.6 Å². The number of aryl methyl sites for hydroxylation is 1. The van der Waals surface area contributed by atoms with Crippen molar-refractivity contribution in [3.63, 3.8) is 0 Å². The van der Waals surface area contributed by atoms with Gasteiger partial charge in [-0.3, -0.25) is 38.6 Å². The van der Waals surface area contributed by atoms with Gasteiger partial charge in [0.15, 0.2) is 46.0 Å². The first-order valence-corrected chi connectivity index (χ1v) is 38.2. The fraction of sp³-hybridized carbons (Fsp3) is 0.111. The number of amides is 4. The number of ketones is 2. The van der Waals surface area contributed by atoms with E-state index in [0.717, 1.165) is 44.5 Å². The van der Waals surface area contributed by atoms with E-state index in [1.165, 1.54) is 68.2 Å². The molecule has 8 N–H and O–H groups in total. The third-order valence-electron chi connectivity index (χ3n) is 15.2. The molecule has 2 saturated heterocycles. The Hall–Kier alpha value is -10.3. The number of fused-ring (bicyclic) bond motifs is 2. The summed E-state index contributed by atoms with van der Waals surface area (Å²) in [6.07, 6.45) is 22.1. The summed E-state index contributed by atoms with van der Waals surface area (Å²) in [7, 11) is 2.85. The second-order valence-electron chi connectivity index (χ2n) is 22.9. The van der Waals surface area contributed by atoms with Gasteiger partial charge in [0.1, 0.15) is 41.8 Å². The molecule has 1 atom stereocenters. The first-order valence-electron chi connectivity index (χ1n) is 31.4. The molecule has 10 aromatic rings. The van der Waals surface area contributed by atoms with E-state index >= 15 is 0 Å². The third-order valence-corrected chi connectivity index (χ3v) is 22.2. The maximum atomic E-state index is 12.6. The predicted molar refractivity (Wildman–Crippen MR) is 424 cm³/mol. The maximum absolute atomic E-state index is 12.6. The number of pyridine rings is 2. The molecule has 10 heterocycles. The van der Waals surface area contributed by atoms with Gasteiger partial charge >= 0.3 is 0 Å². The molecule has 37 heteroatoms. The number of imide groups is 2. The van der Waals surface area contributed by atoms with E-state index in [9.17, 15) is 49.2 Å². The summed E-state index contributed by atoms with van der Waals surface area (Å²) in [6.45, 7) is 4.08. The third kappa shape index (κ3) is 20.2. The van der Waals surface area contributed by atoms with Crippen molar-refractivity contribution in [1.29, 1.82) is 0 Å². The Morgan fingerprint density at radius 2 is 0.798 bits per heavy atom. The van der Waals surface area contributed by atoms with Gasteiger partial charge < -0.3 is 50.8 Å². The predicted octanol–water partition coefficient (Wildman–Crippen LogP) is 15.6. The number of benzene rings is 4. The molecule has 4 aliphatic heterocycles. The molecule has 4 aliphatic rings. The summed E-state index contributed by atoms with van der Waals surface area (Å²) < 4.78 is 25.2. The molecule has 1 unspecified atom stereocenters. The van der Waals surface area contributed by atoms with Crippen molar-refractivity contribution < 1.29 is 68.1 Å². The highest BCUT2D eigenvalue weighted by Gasteiger charge is 2.34. The highest BCUT2D eigenvalue weighted by Crippen LogP contribution is 2.45. The second kappa shape index (κ2) is 35.8. The number of rotatable bonds is 16. The topological polar surface area (TPSA) is 408 Å². The van der Waals surface area contributed by atoms with Gasteiger partial charge in [-0.2, -0.15) is 0 Å². The fourth-order valence-corrected chi connectivity index (χ4v) is 14.9. The van der Waals surface area contributed by atoms with E-state index < -0.39 is 6.10 Å². The van der Waals surface area contributed by atoms with Crippen molar-refractivity contribution in [2.45, 2.75) is 49.8 Å². The van der Waals surface area contributed by atoms with Gasteiger partial charge in [-0.25, -0.2) is 49.8 Å². The number of hydrogen-bond donors (Lipinski definition) is 6. The molecule has 4 amide bonds. The number of carbonyl (C=O) groups excluding carboxylic acids is 6. The van der Waals surface area contributed by atoms with Crippen molar-refractivity contribution in [3.8, 4) is 46.0 Å². The number of thioether (sulfide) groups is 4. The average molecular weight is 1820 g/mol. The van der Waals surface area contributed by atoms with Crippen molar-refractivity contribution >= 4 is 192 Å². The number of aromatic nitrogens is 10. The lowest BCUT2D eigenvalue weighted by Crippen LogP contribution is -2.22. The summed E-state index contributed by atoms with van der Waals surface area (Å²) >= 11 is 23.5. The van der Waals surface area contributed by atoms with Crippen LogP contribution in [-0.2, 0) is 29.4 Å². The van der Waals surface area contributed by atoms with Crippen LogP contribution in [0, 0.1) is 6.92 Å². The van der Waals surface area contributed by atoms with Gasteiger partial charge in [0.25, 0.3) is 22.3 Å². The number of halogens is 5. The smallest absolute Gasteiger partial charge is 0.293 e. The number of phenols is 4. The minimum absolute atomic E-state index is 0.00240. The van der Waals surface area contributed by atoms with Crippen LogP contribution in [0.5, 0.6) is 46.0 Å².